The van der Waals surface area contributed by atoms with Crippen molar-refractivity contribution < 1.29 is 0 Å². The van der Waals surface area contributed by atoms with E-state index in [0.717, 1.165) is 162 Å². The Bertz CT molecular complexity index is 6530. The number of rotatable bonds is 13. The zero-order chi connectivity index (χ0) is 75.9. The molecule has 0 spiro atoms. The van der Waals surface area contributed by atoms with E-state index in [4.69, 9.17) is 9.97 Å². The molecule has 0 atom stereocenters. The third kappa shape index (κ3) is 12.3. The lowest BCUT2D eigenvalue weighted by atomic mass is 9.33. The molecule has 4 nitrogen and oxygen atoms in total. The van der Waals surface area contributed by atoms with E-state index in [1.54, 1.807) is 0 Å². The van der Waals surface area contributed by atoms with E-state index in [9.17, 15) is 0 Å². The van der Waals surface area contributed by atoms with E-state index in [2.05, 4.69) is 441 Å². The number of hydrogen-bond donors (Lipinski definition) is 0. The minimum absolute atomic E-state index is 0.294. The highest BCUT2D eigenvalue weighted by Gasteiger charge is 2.45. The first-order valence-corrected chi connectivity index (χ1v) is 39.6. The van der Waals surface area contributed by atoms with Gasteiger partial charge in [0.05, 0.1) is 11.4 Å². The fourth-order valence-corrected chi connectivity index (χ4v) is 17.8. The van der Waals surface area contributed by atoms with Crippen LogP contribution in [-0.4, -0.2) is 16.7 Å². The summed E-state index contributed by atoms with van der Waals surface area (Å²) in [5, 5.41) is 9.43. The first-order valence-electron chi connectivity index (χ1n) is 39.6. The first-order chi connectivity index (χ1) is 56.9. The molecule has 0 fully saturated rings. The molecule has 0 unspecified atom stereocenters. The summed E-state index contributed by atoms with van der Waals surface area (Å²) in [5.41, 5.74) is 32.0. The van der Waals surface area contributed by atoms with Crippen LogP contribution in [0.1, 0.15) is 0 Å². The molecule has 0 amide bonds. The lowest BCUT2D eigenvalue weighted by Crippen LogP contribution is -2.61. The smallest absolute Gasteiger partial charge is 0.252 e. The Labute approximate surface area is 669 Å². The van der Waals surface area contributed by atoms with Gasteiger partial charge in [-0.05, 0) is 276 Å². The second kappa shape index (κ2) is 28.1. The van der Waals surface area contributed by atoms with Crippen LogP contribution in [0.25, 0.3) is 166 Å². The number of aromatic nitrogens is 2. The van der Waals surface area contributed by atoms with E-state index in [1.807, 2.05) is 0 Å². The van der Waals surface area contributed by atoms with Crippen molar-refractivity contribution in [3.05, 3.63) is 431 Å². The Balaban J connectivity index is 0.898. The molecule has 0 radical (unpaired) electrons. The minimum Gasteiger partial charge on any atom is -0.311 e. The molecule has 0 saturated carbocycles. The van der Waals surface area contributed by atoms with Crippen LogP contribution in [0, 0.1) is 0 Å². The van der Waals surface area contributed by atoms with Crippen LogP contribution in [0.5, 0.6) is 0 Å². The van der Waals surface area contributed by atoms with Gasteiger partial charge < -0.3 is 9.80 Å². The van der Waals surface area contributed by atoms with E-state index >= 15 is 0 Å². The molecule has 2 aliphatic heterocycles. The molecule has 2 aliphatic rings. The van der Waals surface area contributed by atoms with Crippen molar-refractivity contribution in [2.45, 2.75) is 0 Å². The lowest BCUT2D eigenvalue weighted by molar-refractivity contribution is 1.18. The van der Waals surface area contributed by atoms with Gasteiger partial charge >= 0.3 is 0 Å². The Morgan fingerprint density at radius 3 is 0.670 bits per heavy atom. The van der Waals surface area contributed by atoms with Crippen molar-refractivity contribution >= 4 is 100 Å². The van der Waals surface area contributed by atoms with E-state index in [-0.39, 0.29) is 6.71 Å². The summed E-state index contributed by atoms with van der Waals surface area (Å²) in [6, 6.07) is 159. The second-order valence-corrected chi connectivity index (χ2v) is 30.5. The molecular weight excluding hydrogens is 1390 g/mol. The number of anilines is 6. The summed E-state index contributed by atoms with van der Waals surface area (Å²) in [6.07, 6.45) is 0. The van der Waals surface area contributed by atoms with Crippen LogP contribution >= 0.6 is 0 Å². The summed E-state index contributed by atoms with van der Waals surface area (Å²) in [6.45, 7) is -0.294. The molecule has 0 N–H and O–H groups in total. The van der Waals surface area contributed by atoms with Crippen LogP contribution < -0.4 is 26.2 Å². The van der Waals surface area contributed by atoms with Gasteiger partial charge in [0.25, 0.3) is 6.71 Å². The fourth-order valence-electron chi connectivity index (χ4n) is 17.8. The largest absolute Gasteiger partial charge is 0.311 e. The molecule has 1 aromatic heterocycles. The minimum atomic E-state index is -0.294. The van der Waals surface area contributed by atoms with Crippen LogP contribution in [0.4, 0.5) is 34.1 Å². The lowest BCUT2D eigenvalue weighted by Gasteiger charge is -2.45. The van der Waals surface area contributed by atoms with Crippen molar-refractivity contribution in [1.82, 2.24) is 9.97 Å². The molecule has 0 aliphatic carbocycles. The van der Waals surface area contributed by atoms with Gasteiger partial charge in [0.2, 0.25) is 0 Å². The summed E-state index contributed by atoms with van der Waals surface area (Å²) >= 11 is 0. The molecule has 0 bridgehead atoms. The highest BCUT2D eigenvalue weighted by atomic mass is 15.2. The van der Waals surface area contributed by atoms with Crippen LogP contribution in [0.15, 0.2) is 431 Å². The second-order valence-electron chi connectivity index (χ2n) is 30.5. The Morgan fingerprint density at radius 2 is 0.400 bits per heavy atom. The Hall–Kier alpha value is -15.0. The molecule has 115 heavy (non-hydrogen) atoms. The number of nitrogens with zero attached hydrogens (tertiary/aromatic N) is 4. The van der Waals surface area contributed by atoms with E-state index in [0.29, 0.717) is 5.82 Å². The highest BCUT2D eigenvalue weighted by Crippen LogP contribution is 2.51. The number of fused-ring (bicyclic) bond motifs is 8. The standard InChI is InChI=1S/C110H71BN4/c1-9-29-72(30-10-1)84-53-85(73-31-11-2-12-32-73)58-96(57-84)103-71-104(97-59-86(74-33-13-3-14-34-74)54-87(60-97)75-35-15-4-16-36-75)113-110(112-103)98-69-107-109-108(70-98)115(100-63-90(78-41-21-7-22-42-78)56-91(64-100)79-43-23-8-24-44-79)106-68-95-52-83-48-28-26-46-81(83)50-93(95)66-102(106)111(109)101-65-92-49-80-45-25-27-47-82(80)51-94(92)67-105(101)114(107)99-61-88(76-37-17-5-18-38-76)55-89(62-99)77-39-19-6-20-40-77/h1-71H. The SMILES string of the molecule is c1ccc(-c2cc(-c3ccccc3)cc(-c3cc(-c4cc(-c5ccccc5)cc(-c5ccccc5)c4)nc(-c4cc5c6c(c4)N(c4cc(-c7ccccc7)cc(-c7ccccc7)c4)c4cc7cc8ccccc8cc7cc4B6c4cc6cc7ccccc7cc6cc4N5c4cc(-c5ccccc5)cc(-c5ccccc5)c4)n3)c2)cc1. The van der Waals surface area contributed by atoms with Gasteiger partial charge in [-0.1, -0.05) is 303 Å². The maximum Gasteiger partial charge on any atom is 0.252 e. The highest BCUT2D eigenvalue weighted by molar-refractivity contribution is 7.00. The number of benzene rings is 19. The predicted molar refractivity (Wildman–Crippen MR) is 486 cm³/mol. The van der Waals surface area contributed by atoms with Crippen molar-refractivity contribution in [2.75, 3.05) is 9.80 Å². The van der Waals surface area contributed by atoms with Crippen molar-refractivity contribution in [2.24, 2.45) is 0 Å². The van der Waals surface area contributed by atoms with Gasteiger partial charge in [-0.2, -0.15) is 0 Å². The van der Waals surface area contributed by atoms with Crippen molar-refractivity contribution in [3.63, 3.8) is 0 Å². The normalized spacial score (nSPS) is 12.1. The van der Waals surface area contributed by atoms with E-state index < -0.39 is 0 Å². The molecular formula is C110H71BN4. The van der Waals surface area contributed by atoms with Gasteiger partial charge in [0.15, 0.2) is 5.82 Å². The Kier molecular flexibility index (Phi) is 16.3. The maximum atomic E-state index is 6.08. The average Bonchev–Trinajstić information content (AvgIpc) is 0.687. The summed E-state index contributed by atoms with van der Waals surface area (Å²) in [7, 11) is 0. The summed E-state index contributed by atoms with van der Waals surface area (Å²) in [5.74, 6) is 0.582. The molecule has 19 aromatic carbocycles. The van der Waals surface area contributed by atoms with Crippen LogP contribution in [-0.2, 0) is 0 Å². The third-order valence-electron chi connectivity index (χ3n) is 23.4. The van der Waals surface area contributed by atoms with E-state index in [1.165, 1.54) is 48.7 Å². The van der Waals surface area contributed by atoms with Crippen LogP contribution in [0.2, 0.25) is 0 Å². The maximum absolute atomic E-state index is 6.08. The Morgan fingerprint density at radius 1 is 0.165 bits per heavy atom. The fraction of sp³-hybridized carbons (Fsp3) is 0. The average molecular weight is 1460 g/mol. The van der Waals surface area contributed by atoms with Crippen LogP contribution in [0.3, 0.4) is 0 Å². The van der Waals surface area contributed by atoms with Gasteiger partial charge in [-0.25, -0.2) is 9.97 Å². The van der Waals surface area contributed by atoms with Crippen molar-refractivity contribution in [1.29, 1.82) is 0 Å². The van der Waals surface area contributed by atoms with Gasteiger partial charge in [-0.15, -0.1) is 0 Å². The summed E-state index contributed by atoms with van der Waals surface area (Å²) < 4.78 is 0. The predicted octanol–water partition coefficient (Wildman–Crippen LogP) is 27.5. The molecule has 534 valence electrons. The van der Waals surface area contributed by atoms with Gasteiger partial charge in [0.1, 0.15) is 0 Å². The quantitative estimate of drug-likeness (QED) is 0.0851. The zero-order valence-electron chi connectivity index (χ0n) is 62.9. The molecule has 22 rings (SSSR count). The van der Waals surface area contributed by atoms with Gasteiger partial charge in [0, 0.05) is 50.8 Å². The monoisotopic (exact) mass is 1460 g/mol. The third-order valence-corrected chi connectivity index (χ3v) is 23.4. The molecule has 20 aromatic rings. The number of hydrogen-bond acceptors (Lipinski definition) is 4. The first kappa shape index (κ1) is 66.9. The topological polar surface area (TPSA) is 32.3 Å². The van der Waals surface area contributed by atoms with Gasteiger partial charge in [-0.3, -0.25) is 0 Å². The zero-order valence-corrected chi connectivity index (χ0v) is 62.9. The van der Waals surface area contributed by atoms with Crippen molar-refractivity contribution in [3.8, 4) is 123 Å². The molecule has 3 heterocycles. The molecule has 0 saturated heterocycles. The summed E-state index contributed by atoms with van der Waals surface area (Å²) in [4.78, 5) is 17.4. The molecule has 5 heteroatoms.